The molecule has 0 saturated carbocycles. The highest BCUT2D eigenvalue weighted by Gasteiger charge is 2.38. The van der Waals surface area contributed by atoms with E-state index >= 15 is 0 Å². The van der Waals surface area contributed by atoms with Crippen LogP contribution < -0.4 is 10.0 Å². The number of carbonyl (C=O) groups excluding carboxylic acids is 1. The number of hydrogen-bond donors (Lipinski definition) is 2. The molecule has 1 aliphatic rings. The predicted molar refractivity (Wildman–Crippen MR) is 91.9 cm³/mol. The van der Waals surface area contributed by atoms with Crippen LogP contribution in [0.15, 0.2) is 35.5 Å². The normalized spacial score (nSPS) is 15.7. The van der Waals surface area contributed by atoms with Crippen molar-refractivity contribution in [1.29, 1.82) is 5.26 Å². The fraction of sp³-hybridized carbons (Fsp3) is 0.312. The van der Waals surface area contributed by atoms with E-state index in [1.54, 1.807) is 20.0 Å². The molecule has 1 aliphatic heterocycles. The van der Waals surface area contributed by atoms with Crippen molar-refractivity contribution in [2.45, 2.75) is 17.4 Å². The maximum atomic E-state index is 12.5. The molecule has 1 saturated heterocycles. The molecular formula is C16H17N5O4S. The Bertz CT molecular complexity index is 1000. The third-order valence-electron chi connectivity index (χ3n) is 3.88. The molecule has 2 aromatic heterocycles. The summed E-state index contributed by atoms with van der Waals surface area (Å²) in [6, 6.07) is 6.15. The molecular weight excluding hydrogens is 358 g/mol. The second-order valence-corrected chi connectivity index (χ2v) is 8.01. The van der Waals surface area contributed by atoms with Gasteiger partial charge in [0.25, 0.3) is 5.91 Å². The first-order valence-electron chi connectivity index (χ1n) is 7.68. The minimum atomic E-state index is -3.78. The number of hydrogen-bond acceptors (Lipinski definition) is 6. The maximum absolute atomic E-state index is 12.5. The van der Waals surface area contributed by atoms with E-state index in [-0.39, 0.29) is 16.3 Å². The first-order valence-corrected chi connectivity index (χ1v) is 9.16. The topological polar surface area (TPSA) is 126 Å². The van der Waals surface area contributed by atoms with Crippen LogP contribution in [0.1, 0.15) is 23.1 Å². The number of aromatic nitrogens is 2. The Morgan fingerprint density at radius 2 is 2.15 bits per heavy atom. The maximum Gasteiger partial charge on any atom is 0.272 e. The summed E-state index contributed by atoms with van der Waals surface area (Å²) in [6.07, 6.45) is 2.77. The van der Waals surface area contributed by atoms with Crippen molar-refractivity contribution in [3.05, 3.63) is 42.0 Å². The molecule has 0 aliphatic carbocycles. The highest BCUT2D eigenvalue weighted by molar-refractivity contribution is 7.89. The molecule has 26 heavy (non-hydrogen) atoms. The second-order valence-electron chi connectivity index (χ2n) is 6.33. The zero-order valence-electron chi connectivity index (χ0n) is 14.2. The van der Waals surface area contributed by atoms with Gasteiger partial charge in [-0.05, 0) is 25.1 Å². The number of sulfonamides is 1. The van der Waals surface area contributed by atoms with Gasteiger partial charge in [0.2, 0.25) is 10.0 Å². The average molecular weight is 375 g/mol. The Morgan fingerprint density at radius 3 is 2.77 bits per heavy atom. The largest absolute Gasteiger partial charge is 0.377 e. The van der Waals surface area contributed by atoms with Crippen LogP contribution in [-0.4, -0.2) is 42.6 Å². The number of carbonyl (C=O) groups is 1. The summed E-state index contributed by atoms with van der Waals surface area (Å²) in [7, 11) is -2.20. The van der Waals surface area contributed by atoms with Crippen LogP contribution in [0.25, 0.3) is 0 Å². The number of rotatable bonds is 5. The molecule has 3 heterocycles. The van der Waals surface area contributed by atoms with Gasteiger partial charge in [-0.1, -0.05) is 0 Å². The van der Waals surface area contributed by atoms with Crippen LogP contribution in [0.5, 0.6) is 0 Å². The number of nitrogens with zero attached hydrogens (tertiary/aromatic N) is 3. The zero-order valence-corrected chi connectivity index (χ0v) is 15.0. The third kappa shape index (κ3) is 3.60. The van der Waals surface area contributed by atoms with Crippen molar-refractivity contribution in [2.24, 2.45) is 7.05 Å². The van der Waals surface area contributed by atoms with E-state index in [0.717, 1.165) is 0 Å². The summed E-state index contributed by atoms with van der Waals surface area (Å²) < 4.78 is 34.1. The van der Waals surface area contributed by atoms with E-state index in [1.165, 1.54) is 29.1 Å². The van der Waals surface area contributed by atoms with Crippen LogP contribution in [0.3, 0.4) is 0 Å². The molecule has 2 aromatic rings. The van der Waals surface area contributed by atoms with E-state index in [1.807, 2.05) is 6.07 Å². The Morgan fingerprint density at radius 1 is 1.42 bits per heavy atom. The van der Waals surface area contributed by atoms with Crippen molar-refractivity contribution in [1.82, 2.24) is 14.3 Å². The summed E-state index contributed by atoms with van der Waals surface area (Å²) in [6.45, 7) is 2.35. The van der Waals surface area contributed by atoms with Crippen LogP contribution in [0.2, 0.25) is 0 Å². The smallest absolute Gasteiger partial charge is 0.272 e. The number of amides is 1. The first kappa shape index (κ1) is 18.1. The van der Waals surface area contributed by atoms with E-state index in [9.17, 15) is 13.2 Å². The van der Waals surface area contributed by atoms with E-state index in [2.05, 4.69) is 15.0 Å². The third-order valence-corrected chi connectivity index (χ3v) is 5.48. The molecule has 1 fully saturated rings. The number of nitriles is 1. The predicted octanol–water partition coefficient (Wildman–Crippen LogP) is 0.611. The summed E-state index contributed by atoms with van der Waals surface area (Å²) in [4.78, 5) is 16.3. The average Bonchev–Trinajstić information content (AvgIpc) is 2.96. The van der Waals surface area contributed by atoms with Crippen molar-refractivity contribution < 1.29 is 17.9 Å². The molecule has 0 unspecified atom stereocenters. The second kappa shape index (κ2) is 6.53. The number of nitrogens with one attached hydrogen (secondary N) is 2. The lowest BCUT2D eigenvalue weighted by Crippen LogP contribution is -2.59. The van der Waals surface area contributed by atoms with E-state index in [4.69, 9.17) is 10.00 Å². The molecule has 136 valence electrons. The molecule has 0 aromatic carbocycles. The number of aryl methyl sites for hydroxylation is 1. The monoisotopic (exact) mass is 375 g/mol. The fourth-order valence-electron chi connectivity index (χ4n) is 2.52. The van der Waals surface area contributed by atoms with Gasteiger partial charge in [0.15, 0.2) is 0 Å². The van der Waals surface area contributed by atoms with Crippen LogP contribution >= 0.6 is 0 Å². The molecule has 2 N–H and O–H groups in total. The van der Waals surface area contributed by atoms with E-state index < -0.39 is 21.5 Å². The van der Waals surface area contributed by atoms with Crippen molar-refractivity contribution in [3.63, 3.8) is 0 Å². The molecule has 0 radical (unpaired) electrons. The minimum absolute atomic E-state index is 0.00860. The Hall–Kier alpha value is -2.74. The molecule has 10 heteroatoms. The van der Waals surface area contributed by atoms with Gasteiger partial charge in [0.1, 0.15) is 22.4 Å². The van der Waals surface area contributed by atoms with Crippen molar-refractivity contribution in [2.75, 3.05) is 18.5 Å². The summed E-state index contributed by atoms with van der Waals surface area (Å²) in [5, 5.41) is 11.5. The lowest BCUT2D eigenvalue weighted by atomic mass is 10.0. The highest BCUT2D eigenvalue weighted by Crippen LogP contribution is 2.21. The lowest BCUT2D eigenvalue weighted by molar-refractivity contribution is -0.0523. The Labute approximate surface area is 150 Å². The summed E-state index contributed by atoms with van der Waals surface area (Å²) in [5.74, 6) is -0.498. The molecule has 1 amide bonds. The van der Waals surface area contributed by atoms with Gasteiger partial charge in [-0.3, -0.25) is 4.79 Å². The van der Waals surface area contributed by atoms with Crippen molar-refractivity contribution in [3.8, 4) is 6.07 Å². The first-order chi connectivity index (χ1) is 12.2. The number of anilines is 1. The fourth-order valence-corrected chi connectivity index (χ4v) is 3.97. The molecule has 0 bridgehead atoms. The molecule has 0 spiro atoms. The standard InChI is InChI=1S/C16H17N5O4S/c1-16(9-25-10-16)20-26(23,24)13-6-14(21(2)8-13)15(22)19-11-3-4-18-12(5-11)7-17/h3-6,8,20H,9-10H2,1-2H3,(H,18,19,22). The van der Waals surface area contributed by atoms with Gasteiger partial charge in [0.05, 0.1) is 18.8 Å². The van der Waals surface area contributed by atoms with Gasteiger partial charge in [-0.15, -0.1) is 0 Å². The SMILES string of the molecule is Cn1cc(S(=O)(=O)NC2(C)COC2)cc1C(=O)Nc1ccnc(C#N)c1. The minimum Gasteiger partial charge on any atom is -0.377 e. The highest BCUT2D eigenvalue weighted by atomic mass is 32.2. The summed E-state index contributed by atoms with van der Waals surface area (Å²) >= 11 is 0. The zero-order chi connectivity index (χ0) is 18.9. The quantitative estimate of drug-likeness (QED) is 0.788. The van der Waals surface area contributed by atoms with Crippen LogP contribution in [0, 0.1) is 11.3 Å². The van der Waals surface area contributed by atoms with Crippen LogP contribution in [-0.2, 0) is 21.8 Å². The Balaban J connectivity index is 1.81. The lowest BCUT2D eigenvalue weighted by Gasteiger charge is -2.38. The van der Waals surface area contributed by atoms with Gasteiger partial charge < -0.3 is 14.6 Å². The van der Waals surface area contributed by atoms with Crippen LogP contribution in [0.4, 0.5) is 5.69 Å². The van der Waals surface area contributed by atoms with Gasteiger partial charge >= 0.3 is 0 Å². The van der Waals surface area contributed by atoms with Gasteiger partial charge in [0, 0.05) is 25.1 Å². The van der Waals surface area contributed by atoms with Gasteiger partial charge in [-0.25, -0.2) is 18.1 Å². The Kier molecular flexibility index (Phi) is 4.53. The number of pyridine rings is 1. The molecule has 3 rings (SSSR count). The molecule has 0 atom stereocenters. The summed E-state index contributed by atoms with van der Waals surface area (Å²) in [5.41, 5.74) is 0.0835. The number of ether oxygens (including phenoxy) is 1. The van der Waals surface area contributed by atoms with E-state index in [0.29, 0.717) is 18.9 Å². The van der Waals surface area contributed by atoms with Gasteiger partial charge in [-0.2, -0.15) is 5.26 Å². The van der Waals surface area contributed by atoms with Crippen molar-refractivity contribution >= 4 is 21.6 Å². The molecule has 9 nitrogen and oxygen atoms in total.